The number of carbonyl (C=O) groups is 1. The minimum atomic E-state index is -0.0263. The van der Waals surface area contributed by atoms with Crippen molar-refractivity contribution in [2.45, 2.75) is 39.7 Å². The van der Waals surface area contributed by atoms with Gasteiger partial charge in [-0.3, -0.25) is 4.79 Å². The molecule has 30 heavy (non-hydrogen) atoms. The Balaban J connectivity index is 1.37. The molecule has 0 radical (unpaired) electrons. The number of nitrogens with zero attached hydrogens (tertiary/aromatic N) is 2. The summed E-state index contributed by atoms with van der Waals surface area (Å²) in [4.78, 5) is 19.3. The number of nitrogens with one attached hydrogen (secondary N) is 1. The summed E-state index contributed by atoms with van der Waals surface area (Å²) in [6.45, 7) is 10.1. The van der Waals surface area contributed by atoms with Gasteiger partial charge in [0.1, 0.15) is 11.4 Å². The predicted octanol–water partition coefficient (Wildman–Crippen LogP) is 3.96. The zero-order chi connectivity index (χ0) is 21.1. The van der Waals surface area contributed by atoms with Gasteiger partial charge >= 0.3 is 0 Å². The fourth-order valence-electron chi connectivity index (χ4n) is 3.94. The summed E-state index contributed by atoms with van der Waals surface area (Å²) < 4.78 is 11.1. The van der Waals surface area contributed by atoms with Crippen molar-refractivity contribution >= 4 is 22.7 Å². The average molecular weight is 408 g/mol. The molecular weight excluding hydrogens is 378 g/mol. The minimum Gasteiger partial charge on any atom is -0.464 e. The number of rotatable bonds is 6. The normalized spacial score (nSPS) is 14.5. The van der Waals surface area contributed by atoms with E-state index in [0.29, 0.717) is 18.9 Å². The van der Waals surface area contributed by atoms with Crippen LogP contribution in [0.1, 0.15) is 42.0 Å². The first-order valence-electron chi connectivity index (χ1n) is 10.6. The Bertz CT molecular complexity index is 1020. The molecule has 0 spiro atoms. The summed E-state index contributed by atoms with van der Waals surface area (Å²) >= 11 is 0. The van der Waals surface area contributed by atoms with Crippen molar-refractivity contribution in [1.29, 1.82) is 0 Å². The number of fused-ring (bicyclic) bond motifs is 1. The molecule has 3 heterocycles. The molecule has 2 aromatic heterocycles. The highest BCUT2D eigenvalue weighted by Crippen LogP contribution is 2.29. The van der Waals surface area contributed by atoms with Crippen molar-refractivity contribution in [3.63, 3.8) is 0 Å². The summed E-state index contributed by atoms with van der Waals surface area (Å²) in [6, 6.07) is 8.25. The van der Waals surface area contributed by atoms with Gasteiger partial charge in [-0.1, -0.05) is 19.9 Å². The molecule has 0 atom stereocenters. The lowest BCUT2D eigenvalue weighted by atomic mass is 9.95. The molecule has 1 aliphatic rings. The zero-order valence-corrected chi connectivity index (χ0v) is 17.9. The Morgan fingerprint density at radius 2 is 2.03 bits per heavy atom. The molecule has 6 nitrogen and oxygen atoms in total. The van der Waals surface area contributed by atoms with Crippen molar-refractivity contribution < 1.29 is 13.9 Å². The summed E-state index contributed by atoms with van der Waals surface area (Å²) in [5.41, 5.74) is 5.25. The van der Waals surface area contributed by atoms with Crippen LogP contribution in [0.3, 0.4) is 0 Å². The number of benzene rings is 1. The first kappa shape index (κ1) is 20.4. The van der Waals surface area contributed by atoms with E-state index >= 15 is 0 Å². The van der Waals surface area contributed by atoms with Gasteiger partial charge in [0.05, 0.1) is 25.9 Å². The van der Waals surface area contributed by atoms with Crippen LogP contribution in [-0.4, -0.2) is 37.2 Å². The van der Waals surface area contributed by atoms with E-state index in [-0.39, 0.29) is 5.91 Å². The van der Waals surface area contributed by atoms with E-state index in [1.165, 1.54) is 11.1 Å². The van der Waals surface area contributed by atoms with Crippen LogP contribution in [0.5, 0.6) is 0 Å². The van der Waals surface area contributed by atoms with Crippen LogP contribution in [0.4, 0.5) is 5.82 Å². The van der Waals surface area contributed by atoms with Crippen LogP contribution >= 0.6 is 0 Å². The van der Waals surface area contributed by atoms with Crippen LogP contribution in [0.25, 0.3) is 11.0 Å². The molecule has 0 unspecified atom stereocenters. The summed E-state index contributed by atoms with van der Waals surface area (Å²) in [6.07, 6.45) is 3.83. The van der Waals surface area contributed by atoms with Crippen molar-refractivity contribution in [1.82, 2.24) is 10.3 Å². The minimum absolute atomic E-state index is 0.0263. The molecule has 1 aromatic carbocycles. The van der Waals surface area contributed by atoms with Gasteiger partial charge in [-0.15, -0.1) is 0 Å². The van der Waals surface area contributed by atoms with Crippen LogP contribution < -0.4 is 10.2 Å². The number of hydrogen-bond acceptors (Lipinski definition) is 5. The fourth-order valence-corrected chi connectivity index (χ4v) is 3.94. The standard InChI is InChI=1S/C24H29N3O3/c1-16(2)20-12-21-19(15-30-22(21)10-17(20)3)11-24(28)26-14-18-4-5-23(25-13-18)27-6-8-29-9-7-27/h4-5,10,12-13,15-16H,6-9,11,14H2,1-3H3,(H,26,28). The van der Waals surface area contributed by atoms with E-state index in [1.807, 2.05) is 18.3 Å². The lowest BCUT2D eigenvalue weighted by molar-refractivity contribution is -0.120. The Kier molecular flexibility index (Phi) is 6.04. The van der Waals surface area contributed by atoms with E-state index in [2.05, 4.69) is 48.1 Å². The number of anilines is 1. The van der Waals surface area contributed by atoms with Gasteiger partial charge in [-0.2, -0.15) is 0 Å². The summed E-state index contributed by atoms with van der Waals surface area (Å²) in [5, 5.41) is 4.02. The smallest absolute Gasteiger partial charge is 0.224 e. The molecule has 6 heteroatoms. The maximum absolute atomic E-state index is 12.5. The van der Waals surface area contributed by atoms with Crippen LogP contribution in [0, 0.1) is 6.92 Å². The number of morpholine rings is 1. The van der Waals surface area contributed by atoms with Crippen molar-refractivity contribution in [2.24, 2.45) is 0 Å². The summed E-state index contributed by atoms with van der Waals surface area (Å²) in [5.74, 6) is 1.36. The molecule has 1 fully saturated rings. The fraction of sp³-hybridized carbons (Fsp3) is 0.417. The van der Waals surface area contributed by atoms with Crippen LogP contribution in [0.15, 0.2) is 41.1 Å². The Morgan fingerprint density at radius 3 is 2.73 bits per heavy atom. The molecule has 4 rings (SSSR count). The van der Waals surface area contributed by atoms with Gasteiger partial charge < -0.3 is 19.4 Å². The van der Waals surface area contributed by atoms with E-state index in [9.17, 15) is 4.79 Å². The first-order chi connectivity index (χ1) is 14.5. The van der Waals surface area contributed by atoms with Gasteiger partial charge in [0.2, 0.25) is 5.91 Å². The van der Waals surface area contributed by atoms with Crippen molar-refractivity contribution in [3.8, 4) is 0 Å². The maximum Gasteiger partial charge on any atom is 0.224 e. The predicted molar refractivity (Wildman–Crippen MR) is 118 cm³/mol. The number of pyridine rings is 1. The number of carbonyl (C=O) groups excluding carboxylic acids is 1. The molecular formula is C24H29N3O3. The maximum atomic E-state index is 12.5. The third-order valence-electron chi connectivity index (χ3n) is 5.65. The molecule has 1 aliphatic heterocycles. The Morgan fingerprint density at radius 1 is 1.23 bits per heavy atom. The van der Waals surface area contributed by atoms with Gasteiger partial charge in [0.15, 0.2) is 0 Å². The highest BCUT2D eigenvalue weighted by molar-refractivity contribution is 5.88. The second kappa shape index (κ2) is 8.88. The highest BCUT2D eigenvalue weighted by Gasteiger charge is 2.15. The summed E-state index contributed by atoms with van der Waals surface area (Å²) in [7, 11) is 0. The quantitative estimate of drug-likeness (QED) is 0.670. The monoisotopic (exact) mass is 407 g/mol. The van der Waals surface area contributed by atoms with Gasteiger partial charge in [-0.25, -0.2) is 4.98 Å². The lowest BCUT2D eigenvalue weighted by Crippen LogP contribution is -2.36. The average Bonchev–Trinajstić information content (AvgIpc) is 3.13. The first-order valence-corrected chi connectivity index (χ1v) is 10.6. The third kappa shape index (κ3) is 4.49. The SMILES string of the molecule is Cc1cc2occ(CC(=O)NCc3ccc(N4CCOCC4)nc3)c2cc1C(C)C. The molecule has 1 amide bonds. The molecule has 0 bridgehead atoms. The largest absolute Gasteiger partial charge is 0.464 e. The number of amides is 1. The molecule has 158 valence electrons. The number of hydrogen-bond donors (Lipinski definition) is 1. The van der Waals surface area contributed by atoms with Crippen LogP contribution in [0.2, 0.25) is 0 Å². The zero-order valence-electron chi connectivity index (χ0n) is 17.9. The molecule has 1 saturated heterocycles. The Labute approximate surface area is 177 Å². The topological polar surface area (TPSA) is 67.6 Å². The molecule has 3 aromatic rings. The highest BCUT2D eigenvalue weighted by atomic mass is 16.5. The molecule has 1 N–H and O–H groups in total. The third-order valence-corrected chi connectivity index (χ3v) is 5.65. The van der Waals surface area contributed by atoms with E-state index in [1.54, 1.807) is 6.26 Å². The van der Waals surface area contributed by atoms with Gasteiger partial charge in [0, 0.05) is 36.8 Å². The molecule has 0 aliphatic carbocycles. The van der Waals surface area contributed by atoms with E-state index in [0.717, 1.165) is 54.2 Å². The van der Waals surface area contributed by atoms with Crippen molar-refractivity contribution in [2.75, 3.05) is 31.2 Å². The second-order valence-electron chi connectivity index (χ2n) is 8.20. The van der Waals surface area contributed by atoms with E-state index < -0.39 is 0 Å². The number of aromatic nitrogens is 1. The van der Waals surface area contributed by atoms with E-state index in [4.69, 9.17) is 9.15 Å². The molecule has 0 saturated carbocycles. The van der Waals surface area contributed by atoms with Gasteiger partial charge in [0.25, 0.3) is 0 Å². The number of aryl methyl sites for hydroxylation is 1. The lowest BCUT2D eigenvalue weighted by Gasteiger charge is -2.27. The second-order valence-corrected chi connectivity index (χ2v) is 8.20. The number of furan rings is 1. The van der Waals surface area contributed by atoms with Crippen LogP contribution in [-0.2, 0) is 22.5 Å². The number of ether oxygens (including phenoxy) is 1. The Hall–Kier alpha value is -2.86. The van der Waals surface area contributed by atoms with Crippen molar-refractivity contribution in [3.05, 3.63) is 59.0 Å². The van der Waals surface area contributed by atoms with Gasteiger partial charge in [-0.05, 0) is 47.7 Å².